The van der Waals surface area contributed by atoms with E-state index in [0.29, 0.717) is 5.84 Å². The number of ether oxygens (including phenoxy) is 1. The van der Waals surface area contributed by atoms with Gasteiger partial charge in [0.15, 0.2) is 0 Å². The fourth-order valence-electron chi connectivity index (χ4n) is 1.38. The van der Waals surface area contributed by atoms with Gasteiger partial charge >= 0.3 is 0 Å². The van der Waals surface area contributed by atoms with E-state index in [1.54, 1.807) is 0 Å². The molecule has 0 saturated carbocycles. The lowest BCUT2D eigenvalue weighted by molar-refractivity contribution is -0.0220. The number of nitrogens with zero attached hydrogens (tertiary/aromatic N) is 1. The van der Waals surface area contributed by atoms with Gasteiger partial charge in [-0.25, -0.2) is 0 Å². The monoisotopic (exact) mass is 244 g/mol. The zero-order valence-electron chi connectivity index (χ0n) is 11.9. The molecule has 0 bridgehead atoms. The molecule has 0 aliphatic rings. The van der Waals surface area contributed by atoms with Gasteiger partial charge in [0.2, 0.25) is 0 Å². The Morgan fingerprint density at radius 2 is 1.82 bits per heavy atom. The van der Waals surface area contributed by atoms with E-state index in [1.165, 1.54) is 0 Å². The Kier molecular flexibility index (Phi) is 6.53. The van der Waals surface area contributed by atoms with E-state index in [2.05, 4.69) is 25.9 Å². The van der Waals surface area contributed by atoms with Crippen molar-refractivity contribution in [3.8, 4) is 0 Å². The summed E-state index contributed by atoms with van der Waals surface area (Å²) in [6.45, 7) is 11.1. The molecule has 0 aliphatic heterocycles. The SMILES string of the molecule is CCC(C)(C)OCCCCC(C)(C)C(N)=NO. The molecular weight excluding hydrogens is 216 g/mol. The molecule has 0 atom stereocenters. The summed E-state index contributed by atoms with van der Waals surface area (Å²) in [6, 6.07) is 0. The average Bonchev–Trinajstić information content (AvgIpc) is 2.27. The van der Waals surface area contributed by atoms with Gasteiger partial charge in [-0.05, 0) is 33.1 Å². The summed E-state index contributed by atoms with van der Waals surface area (Å²) < 4.78 is 5.77. The first kappa shape index (κ1) is 16.2. The lowest BCUT2D eigenvalue weighted by Gasteiger charge is -2.25. The number of oxime groups is 1. The zero-order chi connectivity index (χ0) is 13.5. The largest absolute Gasteiger partial charge is 0.409 e. The van der Waals surface area contributed by atoms with Crippen LogP contribution in [0, 0.1) is 5.41 Å². The minimum atomic E-state index is -0.241. The highest BCUT2D eigenvalue weighted by molar-refractivity contribution is 5.85. The molecule has 17 heavy (non-hydrogen) atoms. The molecule has 0 amide bonds. The molecule has 0 spiro atoms. The molecule has 3 N–H and O–H groups in total. The highest BCUT2D eigenvalue weighted by atomic mass is 16.5. The number of hydrogen-bond acceptors (Lipinski definition) is 3. The van der Waals surface area contributed by atoms with E-state index in [1.807, 2.05) is 13.8 Å². The molecule has 4 heteroatoms. The van der Waals surface area contributed by atoms with E-state index in [4.69, 9.17) is 15.7 Å². The van der Waals surface area contributed by atoms with Gasteiger partial charge in [-0.3, -0.25) is 0 Å². The quantitative estimate of drug-likeness (QED) is 0.227. The second-order valence-electron chi connectivity index (χ2n) is 5.79. The van der Waals surface area contributed by atoms with E-state index < -0.39 is 0 Å². The standard InChI is InChI=1S/C13H28N2O2/c1-6-13(4,5)17-10-8-7-9-12(2,3)11(14)15-16/h16H,6-10H2,1-5H3,(H2,14,15). The van der Waals surface area contributed by atoms with Gasteiger partial charge in [-0.15, -0.1) is 0 Å². The summed E-state index contributed by atoms with van der Waals surface area (Å²) >= 11 is 0. The number of hydrogen-bond donors (Lipinski definition) is 2. The van der Waals surface area contributed by atoms with Crippen LogP contribution >= 0.6 is 0 Å². The Labute approximate surface area is 105 Å². The highest BCUT2D eigenvalue weighted by Crippen LogP contribution is 2.23. The van der Waals surface area contributed by atoms with Crippen LogP contribution in [0.2, 0.25) is 0 Å². The van der Waals surface area contributed by atoms with Gasteiger partial charge in [0.1, 0.15) is 5.84 Å². The van der Waals surface area contributed by atoms with Crippen molar-refractivity contribution in [2.24, 2.45) is 16.3 Å². The van der Waals surface area contributed by atoms with Crippen LogP contribution in [0.15, 0.2) is 5.16 Å². The van der Waals surface area contributed by atoms with Crippen molar-refractivity contribution >= 4 is 5.84 Å². The van der Waals surface area contributed by atoms with Crippen molar-refractivity contribution in [3.63, 3.8) is 0 Å². The first-order valence-electron chi connectivity index (χ1n) is 6.37. The highest BCUT2D eigenvalue weighted by Gasteiger charge is 2.23. The topological polar surface area (TPSA) is 67.8 Å². The van der Waals surface area contributed by atoms with Crippen molar-refractivity contribution in [1.82, 2.24) is 0 Å². The third kappa shape index (κ3) is 6.51. The van der Waals surface area contributed by atoms with Crippen LogP contribution in [0.1, 0.15) is 60.3 Å². The van der Waals surface area contributed by atoms with E-state index in [9.17, 15) is 0 Å². The van der Waals surface area contributed by atoms with Crippen LogP contribution in [-0.4, -0.2) is 23.3 Å². The predicted octanol–water partition coefficient (Wildman–Crippen LogP) is 3.13. The van der Waals surface area contributed by atoms with Crippen molar-refractivity contribution in [3.05, 3.63) is 0 Å². The minimum absolute atomic E-state index is 0.0267. The van der Waals surface area contributed by atoms with Crippen LogP contribution in [-0.2, 0) is 4.74 Å². The predicted molar refractivity (Wildman–Crippen MR) is 71.4 cm³/mol. The smallest absolute Gasteiger partial charge is 0.144 e. The maximum absolute atomic E-state index is 8.65. The molecule has 0 rings (SSSR count). The molecular formula is C13H28N2O2. The zero-order valence-corrected chi connectivity index (χ0v) is 11.9. The summed E-state index contributed by atoms with van der Waals surface area (Å²) in [6.07, 6.45) is 3.94. The van der Waals surface area contributed by atoms with Crippen LogP contribution in [0.3, 0.4) is 0 Å². The summed E-state index contributed by atoms with van der Waals surface area (Å²) in [5, 5.41) is 11.7. The van der Waals surface area contributed by atoms with Crippen molar-refractivity contribution in [2.45, 2.75) is 65.9 Å². The Balaban J connectivity index is 3.79. The summed E-state index contributed by atoms with van der Waals surface area (Å²) in [4.78, 5) is 0. The maximum atomic E-state index is 8.65. The molecule has 0 heterocycles. The molecule has 0 aromatic heterocycles. The lowest BCUT2D eigenvalue weighted by Crippen LogP contribution is -2.32. The Morgan fingerprint density at radius 3 is 2.29 bits per heavy atom. The summed E-state index contributed by atoms with van der Waals surface area (Å²) in [5.41, 5.74) is 5.36. The van der Waals surface area contributed by atoms with Gasteiger partial charge in [0, 0.05) is 12.0 Å². The van der Waals surface area contributed by atoms with Crippen LogP contribution in [0.25, 0.3) is 0 Å². The molecule has 0 aliphatic carbocycles. The first-order valence-corrected chi connectivity index (χ1v) is 6.37. The van der Waals surface area contributed by atoms with Gasteiger partial charge in [-0.1, -0.05) is 32.3 Å². The molecule has 0 fully saturated rings. The van der Waals surface area contributed by atoms with Crippen LogP contribution < -0.4 is 5.73 Å². The molecule has 0 aromatic rings. The Hall–Kier alpha value is -0.770. The number of unbranched alkanes of at least 4 members (excludes halogenated alkanes) is 1. The third-order valence-electron chi connectivity index (χ3n) is 3.34. The molecule has 102 valence electrons. The lowest BCUT2D eigenvalue weighted by atomic mass is 9.86. The summed E-state index contributed by atoms with van der Waals surface area (Å²) in [5.74, 6) is 0.298. The van der Waals surface area contributed by atoms with Crippen molar-refractivity contribution < 1.29 is 9.94 Å². The van der Waals surface area contributed by atoms with E-state index in [0.717, 1.165) is 32.3 Å². The fourth-order valence-corrected chi connectivity index (χ4v) is 1.38. The normalized spacial score (nSPS) is 14.1. The number of rotatable bonds is 8. The van der Waals surface area contributed by atoms with Crippen molar-refractivity contribution in [1.29, 1.82) is 0 Å². The van der Waals surface area contributed by atoms with Crippen LogP contribution in [0.4, 0.5) is 0 Å². The number of amidine groups is 1. The second-order valence-corrected chi connectivity index (χ2v) is 5.79. The van der Waals surface area contributed by atoms with E-state index >= 15 is 0 Å². The Bertz CT molecular complexity index is 248. The Morgan fingerprint density at radius 1 is 1.24 bits per heavy atom. The maximum Gasteiger partial charge on any atom is 0.144 e. The van der Waals surface area contributed by atoms with E-state index in [-0.39, 0.29) is 11.0 Å². The third-order valence-corrected chi connectivity index (χ3v) is 3.34. The molecule has 0 aromatic carbocycles. The minimum Gasteiger partial charge on any atom is -0.409 e. The fraction of sp³-hybridized carbons (Fsp3) is 0.923. The van der Waals surface area contributed by atoms with Gasteiger partial charge in [0.05, 0.1) is 5.60 Å². The van der Waals surface area contributed by atoms with Gasteiger partial charge in [-0.2, -0.15) is 0 Å². The van der Waals surface area contributed by atoms with Crippen LogP contribution in [0.5, 0.6) is 0 Å². The van der Waals surface area contributed by atoms with Gasteiger partial charge < -0.3 is 15.7 Å². The average molecular weight is 244 g/mol. The first-order chi connectivity index (χ1) is 7.75. The molecule has 0 radical (unpaired) electrons. The van der Waals surface area contributed by atoms with Crippen molar-refractivity contribution in [2.75, 3.05) is 6.61 Å². The molecule has 0 unspecified atom stereocenters. The molecule has 4 nitrogen and oxygen atoms in total. The molecule has 0 saturated heterocycles. The number of nitrogens with two attached hydrogens (primary N) is 1. The second kappa shape index (κ2) is 6.84. The summed E-state index contributed by atoms with van der Waals surface area (Å²) in [7, 11) is 0. The van der Waals surface area contributed by atoms with Gasteiger partial charge in [0.25, 0.3) is 0 Å².